The Kier molecular flexibility index (Phi) is 5.57. The number of amides is 1. The van der Waals surface area contributed by atoms with Gasteiger partial charge in [0, 0.05) is 21.5 Å². The highest BCUT2D eigenvalue weighted by atomic mass is 32.2. The first-order chi connectivity index (χ1) is 12.2. The molecule has 0 saturated carbocycles. The number of nitrogens with zero attached hydrogens (tertiary/aromatic N) is 1. The molecule has 7 heteroatoms. The van der Waals surface area contributed by atoms with Crippen LogP contribution in [0.15, 0.2) is 58.8 Å². The van der Waals surface area contributed by atoms with Crippen molar-refractivity contribution in [1.82, 2.24) is 4.98 Å². The van der Waals surface area contributed by atoms with Crippen molar-refractivity contribution in [2.24, 2.45) is 0 Å². The number of thioether (sulfide) groups is 1. The van der Waals surface area contributed by atoms with E-state index in [9.17, 15) is 4.79 Å². The highest BCUT2D eigenvalue weighted by molar-refractivity contribution is 8.00. The van der Waals surface area contributed by atoms with E-state index in [-0.39, 0.29) is 11.7 Å². The van der Waals surface area contributed by atoms with E-state index < -0.39 is 0 Å². The molecule has 0 saturated heterocycles. The number of aromatic nitrogens is 1. The van der Waals surface area contributed by atoms with Gasteiger partial charge in [-0.25, -0.2) is 4.98 Å². The summed E-state index contributed by atoms with van der Waals surface area (Å²) in [6.45, 7) is 0. The van der Waals surface area contributed by atoms with Gasteiger partial charge >= 0.3 is 0 Å². The van der Waals surface area contributed by atoms with Crippen molar-refractivity contribution >= 4 is 39.8 Å². The molecule has 25 heavy (non-hydrogen) atoms. The maximum Gasteiger partial charge on any atom is 0.236 e. The molecule has 0 bridgehead atoms. The van der Waals surface area contributed by atoms with Crippen molar-refractivity contribution in [1.29, 1.82) is 0 Å². The summed E-state index contributed by atoms with van der Waals surface area (Å²) >= 11 is 2.81. The van der Waals surface area contributed by atoms with Crippen molar-refractivity contribution in [2.75, 3.05) is 23.9 Å². The minimum atomic E-state index is -0.108. The number of benzene rings is 2. The highest BCUT2D eigenvalue weighted by Gasteiger charge is 2.09. The molecule has 0 aliphatic carbocycles. The van der Waals surface area contributed by atoms with Crippen LogP contribution in [0, 0.1) is 0 Å². The molecule has 0 fully saturated rings. The largest absolute Gasteiger partial charge is 0.497 e. The Balaban J connectivity index is 1.59. The zero-order valence-electron chi connectivity index (χ0n) is 13.6. The van der Waals surface area contributed by atoms with Crippen LogP contribution in [0.5, 0.6) is 5.75 Å². The third kappa shape index (κ3) is 4.52. The third-order valence-electron chi connectivity index (χ3n) is 3.41. The van der Waals surface area contributed by atoms with Crippen molar-refractivity contribution in [3.05, 3.63) is 53.9 Å². The minimum Gasteiger partial charge on any atom is -0.497 e. The number of ether oxygens (including phenoxy) is 1. The van der Waals surface area contributed by atoms with Gasteiger partial charge in [0.05, 0.1) is 18.6 Å². The number of nitrogens with one attached hydrogen (secondary N) is 1. The molecule has 3 N–H and O–H groups in total. The van der Waals surface area contributed by atoms with E-state index in [2.05, 4.69) is 10.3 Å². The number of carbonyl (C=O) groups is 1. The molecule has 1 aromatic heterocycles. The first kappa shape index (κ1) is 17.3. The number of anilines is 2. The van der Waals surface area contributed by atoms with Crippen molar-refractivity contribution in [3.8, 4) is 17.0 Å². The molecule has 0 aliphatic heterocycles. The Labute approximate surface area is 154 Å². The average Bonchev–Trinajstić information content (AvgIpc) is 3.09. The number of hydrogen-bond acceptors (Lipinski definition) is 6. The quantitative estimate of drug-likeness (QED) is 0.503. The number of para-hydroxylation sites is 1. The third-order valence-corrected chi connectivity index (χ3v) is 5.26. The summed E-state index contributed by atoms with van der Waals surface area (Å²) in [5.41, 5.74) is 8.35. The molecule has 0 unspecified atom stereocenters. The fraction of sp³-hybridized carbons (Fsp3) is 0.111. The standard InChI is InChI=1S/C18H17N3O2S2/c1-23-13-8-6-12(7-9-13)15-10-25-18(20-15)21-17(22)11-24-16-5-3-2-4-14(16)19/h2-10H,11,19H2,1H3,(H,20,21,22). The summed E-state index contributed by atoms with van der Waals surface area (Å²) in [4.78, 5) is 17.5. The zero-order valence-corrected chi connectivity index (χ0v) is 15.2. The first-order valence-corrected chi connectivity index (χ1v) is 9.39. The molecule has 0 aliphatic rings. The van der Waals surface area contributed by atoms with E-state index in [0.717, 1.165) is 21.9 Å². The van der Waals surface area contributed by atoms with Crippen LogP contribution in [0.3, 0.4) is 0 Å². The van der Waals surface area contributed by atoms with Crippen molar-refractivity contribution in [2.45, 2.75) is 4.90 Å². The van der Waals surface area contributed by atoms with Gasteiger partial charge in [0.2, 0.25) is 5.91 Å². The van der Waals surface area contributed by atoms with E-state index in [1.165, 1.54) is 23.1 Å². The maximum atomic E-state index is 12.1. The topological polar surface area (TPSA) is 77.2 Å². The second-order valence-electron chi connectivity index (χ2n) is 5.14. The second-order valence-corrected chi connectivity index (χ2v) is 7.02. The lowest BCUT2D eigenvalue weighted by atomic mass is 10.2. The fourth-order valence-corrected chi connectivity index (χ4v) is 3.64. The predicted molar refractivity (Wildman–Crippen MR) is 104 cm³/mol. The van der Waals surface area contributed by atoms with E-state index in [4.69, 9.17) is 10.5 Å². The van der Waals surface area contributed by atoms with Gasteiger partial charge in [-0.2, -0.15) is 0 Å². The minimum absolute atomic E-state index is 0.108. The van der Waals surface area contributed by atoms with Crippen LogP contribution in [0.4, 0.5) is 10.8 Å². The summed E-state index contributed by atoms with van der Waals surface area (Å²) in [6.07, 6.45) is 0. The number of rotatable bonds is 6. The number of nitrogen functional groups attached to an aromatic ring is 1. The summed E-state index contributed by atoms with van der Waals surface area (Å²) in [7, 11) is 1.63. The smallest absolute Gasteiger partial charge is 0.236 e. The van der Waals surface area contributed by atoms with Crippen LogP contribution in [-0.4, -0.2) is 23.8 Å². The lowest BCUT2D eigenvalue weighted by Crippen LogP contribution is -2.13. The van der Waals surface area contributed by atoms with Crippen molar-refractivity contribution < 1.29 is 9.53 Å². The number of hydrogen-bond donors (Lipinski definition) is 2. The predicted octanol–water partition coefficient (Wildman–Crippen LogP) is 4.13. The van der Waals surface area contributed by atoms with Gasteiger partial charge in [0.1, 0.15) is 5.75 Å². The molecular formula is C18H17N3O2S2. The van der Waals surface area contributed by atoms with Gasteiger partial charge in [-0.15, -0.1) is 23.1 Å². The number of thiazole rings is 1. The Morgan fingerprint density at radius 3 is 2.72 bits per heavy atom. The molecule has 0 spiro atoms. The lowest BCUT2D eigenvalue weighted by Gasteiger charge is -2.04. The van der Waals surface area contributed by atoms with Crippen LogP contribution in [-0.2, 0) is 4.79 Å². The van der Waals surface area contributed by atoms with Crippen LogP contribution >= 0.6 is 23.1 Å². The molecule has 1 heterocycles. The summed E-state index contributed by atoms with van der Waals surface area (Å²) in [5, 5.41) is 5.32. The Morgan fingerprint density at radius 2 is 2.00 bits per heavy atom. The molecule has 2 aromatic carbocycles. The highest BCUT2D eigenvalue weighted by Crippen LogP contribution is 2.27. The van der Waals surface area contributed by atoms with Gasteiger partial charge in [0.25, 0.3) is 0 Å². The average molecular weight is 371 g/mol. The van der Waals surface area contributed by atoms with E-state index in [0.29, 0.717) is 10.8 Å². The maximum absolute atomic E-state index is 12.1. The van der Waals surface area contributed by atoms with Gasteiger partial charge in [0.15, 0.2) is 5.13 Å². The molecule has 5 nitrogen and oxygen atoms in total. The second kappa shape index (κ2) is 8.04. The lowest BCUT2D eigenvalue weighted by molar-refractivity contribution is -0.113. The van der Waals surface area contributed by atoms with Crippen molar-refractivity contribution in [3.63, 3.8) is 0 Å². The molecule has 3 rings (SSSR count). The SMILES string of the molecule is COc1ccc(-c2csc(NC(=O)CSc3ccccc3N)n2)cc1. The summed E-state index contributed by atoms with van der Waals surface area (Å²) in [5.74, 6) is 0.972. The molecule has 0 radical (unpaired) electrons. The molecule has 3 aromatic rings. The molecule has 1 amide bonds. The van der Waals surface area contributed by atoms with Gasteiger partial charge in [-0.1, -0.05) is 12.1 Å². The number of nitrogens with two attached hydrogens (primary N) is 1. The summed E-state index contributed by atoms with van der Waals surface area (Å²) in [6, 6.07) is 15.1. The Hall–Kier alpha value is -2.51. The van der Waals surface area contributed by atoms with Gasteiger partial charge in [-0.05, 0) is 36.4 Å². The Morgan fingerprint density at radius 1 is 1.24 bits per heavy atom. The monoisotopic (exact) mass is 371 g/mol. The van der Waals surface area contributed by atoms with E-state index >= 15 is 0 Å². The van der Waals surface area contributed by atoms with E-state index in [1.807, 2.05) is 53.9 Å². The van der Waals surface area contributed by atoms with Gasteiger partial charge < -0.3 is 15.8 Å². The van der Waals surface area contributed by atoms with Crippen LogP contribution in [0.2, 0.25) is 0 Å². The van der Waals surface area contributed by atoms with Crippen LogP contribution in [0.1, 0.15) is 0 Å². The number of methoxy groups -OCH3 is 1. The normalized spacial score (nSPS) is 10.4. The molecule has 128 valence electrons. The zero-order chi connectivity index (χ0) is 17.6. The fourth-order valence-electron chi connectivity index (χ4n) is 2.14. The summed E-state index contributed by atoms with van der Waals surface area (Å²) < 4.78 is 5.15. The van der Waals surface area contributed by atoms with Gasteiger partial charge in [-0.3, -0.25) is 4.79 Å². The van der Waals surface area contributed by atoms with E-state index in [1.54, 1.807) is 7.11 Å². The molecular weight excluding hydrogens is 354 g/mol. The van der Waals surface area contributed by atoms with Crippen LogP contribution in [0.25, 0.3) is 11.3 Å². The molecule has 0 atom stereocenters. The van der Waals surface area contributed by atoms with Crippen LogP contribution < -0.4 is 15.8 Å². The first-order valence-electron chi connectivity index (χ1n) is 7.53. The Bertz CT molecular complexity index is 863. The number of carbonyl (C=O) groups excluding carboxylic acids is 1.